The Bertz CT molecular complexity index is 698. The fourth-order valence-electron chi connectivity index (χ4n) is 1.54. The van der Waals surface area contributed by atoms with Crippen molar-refractivity contribution >= 4 is 42.4 Å². The first-order valence-corrected chi connectivity index (χ1v) is 8.45. The van der Waals surface area contributed by atoms with E-state index in [0.29, 0.717) is 5.69 Å². The number of nitrogens with one attached hydrogen (secondary N) is 1. The summed E-state index contributed by atoms with van der Waals surface area (Å²) >= 11 is 4.31. The minimum Gasteiger partial charge on any atom is -0.375 e. The lowest BCUT2D eigenvalue weighted by molar-refractivity contribution is 0.582. The average Bonchev–Trinajstić information content (AvgIpc) is 2.67. The number of nitrogens with two attached hydrogens (primary N) is 1. The van der Waals surface area contributed by atoms with Gasteiger partial charge in [0.05, 0.1) is 5.69 Å². The van der Waals surface area contributed by atoms with Crippen LogP contribution in [0.5, 0.6) is 0 Å². The standard InChI is InChI=1S/C11H12BrN3O2S2/c1-7-10(18-11(13)15-7)19(16,17)14-6-8-3-2-4-9(12)5-8/h2-5,14H,6H2,1H3,(H2,13,15). The van der Waals surface area contributed by atoms with Gasteiger partial charge < -0.3 is 5.73 Å². The average molecular weight is 362 g/mol. The van der Waals surface area contributed by atoms with Gasteiger partial charge in [-0.15, -0.1) is 0 Å². The van der Waals surface area contributed by atoms with Crippen LogP contribution >= 0.6 is 27.3 Å². The van der Waals surface area contributed by atoms with Crippen LogP contribution < -0.4 is 10.5 Å². The zero-order chi connectivity index (χ0) is 14.0. The van der Waals surface area contributed by atoms with Crippen molar-refractivity contribution in [3.05, 3.63) is 40.0 Å². The topological polar surface area (TPSA) is 85.1 Å². The summed E-state index contributed by atoms with van der Waals surface area (Å²) in [7, 11) is -3.57. The predicted molar refractivity (Wildman–Crippen MR) is 79.4 cm³/mol. The van der Waals surface area contributed by atoms with Crippen molar-refractivity contribution < 1.29 is 8.42 Å². The molecule has 0 radical (unpaired) electrons. The van der Waals surface area contributed by atoms with E-state index < -0.39 is 10.0 Å². The third-order valence-corrected chi connectivity index (χ3v) is 5.86. The summed E-state index contributed by atoms with van der Waals surface area (Å²) in [6.07, 6.45) is 0. The molecule has 0 fully saturated rings. The normalized spacial score (nSPS) is 11.7. The predicted octanol–water partition coefficient (Wildman–Crippen LogP) is 2.27. The van der Waals surface area contributed by atoms with Gasteiger partial charge in [-0.05, 0) is 24.6 Å². The van der Waals surface area contributed by atoms with Gasteiger partial charge in [0.15, 0.2) is 9.34 Å². The molecular formula is C11H12BrN3O2S2. The van der Waals surface area contributed by atoms with Gasteiger partial charge in [-0.1, -0.05) is 39.4 Å². The zero-order valence-electron chi connectivity index (χ0n) is 10.1. The highest BCUT2D eigenvalue weighted by Gasteiger charge is 2.20. The van der Waals surface area contributed by atoms with Crippen LogP contribution in [-0.2, 0) is 16.6 Å². The third-order valence-electron chi connectivity index (χ3n) is 2.37. The summed E-state index contributed by atoms with van der Waals surface area (Å²) in [6.45, 7) is 1.85. The quantitative estimate of drug-likeness (QED) is 0.874. The molecule has 2 aromatic rings. The molecule has 2 rings (SSSR count). The molecule has 0 spiro atoms. The van der Waals surface area contributed by atoms with Crippen LogP contribution in [0.3, 0.4) is 0 Å². The maximum atomic E-state index is 12.1. The van der Waals surface area contributed by atoms with Gasteiger partial charge in [0.25, 0.3) is 10.0 Å². The molecule has 0 saturated heterocycles. The van der Waals surface area contributed by atoms with Crippen molar-refractivity contribution in [2.45, 2.75) is 17.7 Å². The maximum absolute atomic E-state index is 12.1. The van der Waals surface area contributed by atoms with Crippen molar-refractivity contribution in [2.75, 3.05) is 5.73 Å². The van der Waals surface area contributed by atoms with Crippen molar-refractivity contribution in [3.63, 3.8) is 0 Å². The van der Waals surface area contributed by atoms with Crippen LogP contribution in [0.15, 0.2) is 32.9 Å². The highest BCUT2D eigenvalue weighted by molar-refractivity contribution is 9.10. The van der Waals surface area contributed by atoms with Crippen LogP contribution in [-0.4, -0.2) is 13.4 Å². The van der Waals surface area contributed by atoms with Gasteiger partial charge in [0.2, 0.25) is 0 Å². The highest BCUT2D eigenvalue weighted by atomic mass is 79.9. The molecule has 5 nitrogen and oxygen atoms in total. The molecular weight excluding hydrogens is 350 g/mol. The van der Waals surface area contributed by atoms with Gasteiger partial charge in [0, 0.05) is 11.0 Å². The van der Waals surface area contributed by atoms with E-state index in [1.54, 1.807) is 6.92 Å². The van der Waals surface area contributed by atoms with E-state index in [4.69, 9.17) is 5.73 Å². The fourth-order valence-corrected chi connectivity index (χ4v) is 4.35. The number of aromatic nitrogens is 1. The molecule has 8 heteroatoms. The van der Waals surface area contributed by atoms with Crippen LogP contribution in [0.25, 0.3) is 0 Å². The Kier molecular flexibility index (Phi) is 4.24. The largest absolute Gasteiger partial charge is 0.375 e. The Balaban J connectivity index is 2.16. The Morgan fingerprint density at radius 3 is 2.79 bits per heavy atom. The lowest BCUT2D eigenvalue weighted by Gasteiger charge is -2.05. The number of benzene rings is 1. The molecule has 0 amide bonds. The van der Waals surface area contributed by atoms with Gasteiger partial charge in [-0.3, -0.25) is 0 Å². The lowest BCUT2D eigenvalue weighted by atomic mass is 10.2. The minimum absolute atomic E-state index is 0.167. The van der Waals surface area contributed by atoms with Gasteiger partial charge in [-0.2, -0.15) is 0 Å². The zero-order valence-corrected chi connectivity index (χ0v) is 13.3. The van der Waals surface area contributed by atoms with E-state index >= 15 is 0 Å². The van der Waals surface area contributed by atoms with E-state index in [-0.39, 0.29) is 15.9 Å². The SMILES string of the molecule is Cc1nc(N)sc1S(=O)(=O)NCc1cccc(Br)c1. The van der Waals surface area contributed by atoms with Gasteiger partial charge in [-0.25, -0.2) is 18.1 Å². The maximum Gasteiger partial charge on any atom is 0.252 e. The Morgan fingerprint density at radius 1 is 1.47 bits per heavy atom. The van der Waals surface area contributed by atoms with E-state index in [2.05, 4.69) is 25.6 Å². The lowest BCUT2D eigenvalue weighted by Crippen LogP contribution is -2.23. The molecule has 1 aromatic heterocycles. The molecule has 3 N–H and O–H groups in total. The Morgan fingerprint density at radius 2 is 2.21 bits per heavy atom. The first kappa shape index (κ1) is 14.4. The van der Waals surface area contributed by atoms with Crippen LogP contribution in [0.4, 0.5) is 5.13 Å². The number of nitrogens with zero attached hydrogens (tertiary/aromatic N) is 1. The number of hydrogen-bond acceptors (Lipinski definition) is 5. The molecule has 1 aromatic carbocycles. The third kappa shape index (κ3) is 3.53. The Hall–Kier alpha value is -0.960. The molecule has 0 aliphatic heterocycles. The van der Waals surface area contributed by atoms with E-state index in [1.807, 2.05) is 24.3 Å². The minimum atomic E-state index is -3.57. The van der Waals surface area contributed by atoms with Crippen molar-refractivity contribution in [3.8, 4) is 0 Å². The second-order valence-corrected chi connectivity index (χ2v) is 7.79. The summed E-state index contributed by atoms with van der Waals surface area (Å²) in [5.74, 6) is 0. The van der Waals surface area contributed by atoms with Gasteiger partial charge >= 0.3 is 0 Å². The van der Waals surface area contributed by atoms with Crippen molar-refractivity contribution in [1.82, 2.24) is 9.71 Å². The molecule has 102 valence electrons. The fraction of sp³-hybridized carbons (Fsp3) is 0.182. The van der Waals surface area contributed by atoms with E-state index in [0.717, 1.165) is 21.4 Å². The number of halogens is 1. The molecule has 0 unspecified atom stereocenters. The van der Waals surface area contributed by atoms with Crippen LogP contribution in [0.2, 0.25) is 0 Å². The number of nitrogen functional groups attached to an aromatic ring is 1. The smallest absolute Gasteiger partial charge is 0.252 e. The molecule has 0 aliphatic carbocycles. The summed E-state index contributed by atoms with van der Waals surface area (Å²) in [5, 5.41) is 0.250. The number of thiazole rings is 1. The summed E-state index contributed by atoms with van der Waals surface area (Å²) in [4.78, 5) is 3.92. The van der Waals surface area contributed by atoms with E-state index in [1.165, 1.54) is 0 Å². The van der Waals surface area contributed by atoms with Crippen molar-refractivity contribution in [2.24, 2.45) is 0 Å². The summed E-state index contributed by atoms with van der Waals surface area (Å²) in [6, 6.07) is 7.44. The Labute approximate surface area is 124 Å². The second kappa shape index (κ2) is 5.58. The van der Waals surface area contributed by atoms with Crippen molar-refractivity contribution in [1.29, 1.82) is 0 Å². The molecule has 1 heterocycles. The molecule has 19 heavy (non-hydrogen) atoms. The second-order valence-electron chi connectivity index (χ2n) is 3.88. The first-order valence-electron chi connectivity index (χ1n) is 5.35. The number of anilines is 1. The van der Waals surface area contributed by atoms with Crippen LogP contribution in [0.1, 0.15) is 11.3 Å². The molecule has 0 saturated carbocycles. The molecule has 0 aliphatic rings. The number of sulfonamides is 1. The molecule has 0 bridgehead atoms. The monoisotopic (exact) mass is 361 g/mol. The first-order chi connectivity index (χ1) is 8.88. The highest BCUT2D eigenvalue weighted by Crippen LogP contribution is 2.24. The van der Waals surface area contributed by atoms with Crippen LogP contribution in [0, 0.1) is 6.92 Å². The summed E-state index contributed by atoms with van der Waals surface area (Å²) in [5.41, 5.74) is 6.80. The summed E-state index contributed by atoms with van der Waals surface area (Å²) < 4.78 is 27.8. The van der Waals surface area contributed by atoms with Gasteiger partial charge in [0.1, 0.15) is 0 Å². The van der Waals surface area contributed by atoms with E-state index in [9.17, 15) is 8.42 Å². The number of aryl methyl sites for hydroxylation is 1. The molecule has 0 atom stereocenters. The number of rotatable bonds is 4. The number of hydrogen-bond donors (Lipinski definition) is 2.